The van der Waals surface area contributed by atoms with Crippen molar-refractivity contribution in [3.63, 3.8) is 0 Å². The Morgan fingerprint density at radius 2 is 2.06 bits per heavy atom. The van der Waals surface area contributed by atoms with E-state index in [1.807, 2.05) is 0 Å². The number of carbonyl (C=O) groups excluding carboxylic acids is 1. The summed E-state index contributed by atoms with van der Waals surface area (Å²) in [5.41, 5.74) is 6.77. The molecular weight excluding hydrogens is 210 g/mol. The number of rotatable bonds is 4. The van der Waals surface area contributed by atoms with Crippen molar-refractivity contribution >= 4 is 5.91 Å². The molecule has 5 N–H and O–H groups in total. The van der Waals surface area contributed by atoms with E-state index >= 15 is 0 Å². The smallest absolute Gasteiger partial charge is 0.249 e. The standard InChI is InChI=1S/C11H15NO4/c1-6-4-7(2-3-8(6)5-13)9(14)10(15)11(12)16/h2-4,9-10,13-15H,5H2,1H3,(H2,12,16). The number of carbonyl (C=O) groups is 1. The first-order valence-corrected chi connectivity index (χ1v) is 4.83. The van der Waals surface area contributed by atoms with Crippen LogP contribution in [0.15, 0.2) is 18.2 Å². The first-order chi connectivity index (χ1) is 7.47. The number of aliphatic hydroxyl groups excluding tert-OH is 3. The molecule has 5 nitrogen and oxygen atoms in total. The van der Waals surface area contributed by atoms with Crippen LogP contribution in [0.5, 0.6) is 0 Å². The molecule has 1 aromatic rings. The quantitative estimate of drug-likeness (QED) is 0.547. The van der Waals surface area contributed by atoms with Crippen molar-refractivity contribution in [1.29, 1.82) is 0 Å². The van der Waals surface area contributed by atoms with E-state index in [9.17, 15) is 15.0 Å². The van der Waals surface area contributed by atoms with Crippen LogP contribution in [0.4, 0.5) is 0 Å². The Morgan fingerprint density at radius 3 is 2.50 bits per heavy atom. The second-order valence-corrected chi connectivity index (χ2v) is 3.64. The summed E-state index contributed by atoms with van der Waals surface area (Å²) in [6, 6.07) is 4.76. The van der Waals surface area contributed by atoms with Crippen LogP contribution in [0.25, 0.3) is 0 Å². The van der Waals surface area contributed by atoms with Crippen LogP contribution in [0.3, 0.4) is 0 Å². The molecule has 16 heavy (non-hydrogen) atoms. The number of hydrogen-bond acceptors (Lipinski definition) is 4. The summed E-state index contributed by atoms with van der Waals surface area (Å²) in [7, 11) is 0. The molecule has 0 saturated carbocycles. The number of benzene rings is 1. The first-order valence-electron chi connectivity index (χ1n) is 4.83. The first kappa shape index (κ1) is 12.6. The average Bonchev–Trinajstić information content (AvgIpc) is 2.26. The predicted molar refractivity (Wildman–Crippen MR) is 57.3 cm³/mol. The van der Waals surface area contributed by atoms with E-state index in [1.165, 1.54) is 6.07 Å². The Labute approximate surface area is 93.1 Å². The molecule has 0 aliphatic heterocycles. The number of nitrogens with two attached hydrogens (primary N) is 1. The van der Waals surface area contributed by atoms with Gasteiger partial charge in [0.2, 0.25) is 5.91 Å². The van der Waals surface area contributed by atoms with Gasteiger partial charge in [-0.05, 0) is 23.6 Å². The largest absolute Gasteiger partial charge is 0.392 e. The summed E-state index contributed by atoms with van der Waals surface area (Å²) in [6.45, 7) is 1.67. The van der Waals surface area contributed by atoms with Gasteiger partial charge in [-0.2, -0.15) is 0 Å². The highest BCUT2D eigenvalue weighted by Gasteiger charge is 2.23. The third kappa shape index (κ3) is 2.57. The zero-order valence-electron chi connectivity index (χ0n) is 8.92. The van der Waals surface area contributed by atoms with Crippen LogP contribution < -0.4 is 5.73 Å². The molecule has 1 aromatic carbocycles. The molecule has 0 aliphatic carbocycles. The third-order valence-electron chi connectivity index (χ3n) is 2.47. The zero-order chi connectivity index (χ0) is 12.3. The number of aryl methyl sites for hydroxylation is 1. The van der Waals surface area contributed by atoms with Crippen molar-refractivity contribution in [1.82, 2.24) is 0 Å². The van der Waals surface area contributed by atoms with Crippen molar-refractivity contribution in [2.45, 2.75) is 25.7 Å². The molecule has 2 atom stereocenters. The molecule has 0 radical (unpaired) electrons. The van der Waals surface area contributed by atoms with Gasteiger partial charge in [0.05, 0.1) is 6.61 Å². The molecule has 5 heteroatoms. The fraction of sp³-hybridized carbons (Fsp3) is 0.364. The summed E-state index contributed by atoms with van der Waals surface area (Å²) < 4.78 is 0. The van der Waals surface area contributed by atoms with Gasteiger partial charge in [-0.3, -0.25) is 4.79 Å². The number of hydrogen-bond donors (Lipinski definition) is 4. The summed E-state index contributed by atoms with van der Waals surface area (Å²) in [5, 5.41) is 27.9. The van der Waals surface area contributed by atoms with Gasteiger partial charge in [0, 0.05) is 0 Å². The summed E-state index contributed by atoms with van der Waals surface area (Å²) >= 11 is 0. The Kier molecular flexibility index (Phi) is 4.00. The minimum absolute atomic E-state index is 0.0966. The van der Waals surface area contributed by atoms with Crippen LogP contribution >= 0.6 is 0 Å². The van der Waals surface area contributed by atoms with Gasteiger partial charge in [0.15, 0.2) is 6.10 Å². The molecule has 0 heterocycles. The number of primary amides is 1. The third-order valence-corrected chi connectivity index (χ3v) is 2.47. The lowest BCUT2D eigenvalue weighted by molar-refractivity contribution is -0.131. The van der Waals surface area contributed by atoms with E-state index in [4.69, 9.17) is 10.8 Å². The summed E-state index contributed by atoms with van der Waals surface area (Å²) in [6.07, 6.45) is -2.97. The zero-order valence-corrected chi connectivity index (χ0v) is 8.92. The van der Waals surface area contributed by atoms with Crippen LogP contribution in [0, 0.1) is 6.92 Å². The Bertz CT molecular complexity index is 392. The molecule has 2 unspecified atom stereocenters. The van der Waals surface area contributed by atoms with Gasteiger partial charge in [-0.15, -0.1) is 0 Å². The van der Waals surface area contributed by atoms with Crippen molar-refractivity contribution in [3.8, 4) is 0 Å². The van der Waals surface area contributed by atoms with E-state index in [0.717, 1.165) is 11.1 Å². The fourth-order valence-electron chi connectivity index (χ4n) is 1.42. The number of amides is 1. The van der Waals surface area contributed by atoms with Crippen LogP contribution in [0.1, 0.15) is 22.8 Å². The van der Waals surface area contributed by atoms with E-state index in [2.05, 4.69) is 0 Å². The topological polar surface area (TPSA) is 104 Å². The molecule has 88 valence electrons. The average molecular weight is 225 g/mol. The maximum Gasteiger partial charge on any atom is 0.249 e. The second-order valence-electron chi connectivity index (χ2n) is 3.64. The molecule has 0 saturated heterocycles. The van der Waals surface area contributed by atoms with Crippen molar-refractivity contribution < 1.29 is 20.1 Å². The van der Waals surface area contributed by atoms with Gasteiger partial charge < -0.3 is 21.1 Å². The van der Waals surface area contributed by atoms with Gasteiger partial charge in [0.1, 0.15) is 6.10 Å². The maximum absolute atomic E-state index is 10.7. The van der Waals surface area contributed by atoms with Gasteiger partial charge >= 0.3 is 0 Å². The minimum Gasteiger partial charge on any atom is -0.392 e. The molecule has 0 bridgehead atoms. The molecule has 0 fully saturated rings. The van der Waals surface area contributed by atoms with E-state index in [-0.39, 0.29) is 6.61 Å². The highest BCUT2D eigenvalue weighted by Crippen LogP contribution is 2.20. The minimum atomic E-state index is -1.63. The van der Waals surface area contributed by atoms with Crippen LogP contribution in [-0.2, 0) is 11.4 Å². The molecule has 0 spiro atoms. The highest BCUT2D eigenvalue weighted by molar-refractivity contribution is 5.79. The SMILES string of the molecule is Cc1cc(C(O)C(O)C(N)=O)ccc1CO. The van der Waals surface area contributed by atoms with Gasteiger partial charge in [0.25, 0.3) is 0 Å². The molecular formula is C11H15NO4. The van der Waals surface area contributed by atoms with E-state index < -0.39 is 18.1 Å². The molecule has 0 aliphatic rings. The lowest BCUT2D eigenvalue weighted by Gasteiger charge is -2.16. The normalized spacial score (nSPS) is 14.5. The monoisotopic (exact) mass is 225 g/mol. The summed E-state index contributed by atoms with van der Waals surface area (Å²) in [5.74, 6) is -0.976. The molecule has 0 aromatic heterocycles. The molecule has 1 rings (SSSR count). The Morgan fingerprint density at radius 1 is 1.44 bits per heavy atom. The van der Waals surface area contributed by atoms with Crippen molar-refractivity contribution in [3.05, 3.63) is 34.9 Å². The Balaban J connectivity index is 2.97. The van der Waals surface area contributed by atoms with E-state index in [0.29, 0.717) is 5.56 Å². The van der Waals surface area contributed by atoms with Gasteiger partial charge in [-0.25, -0.2) is 0 Å². The maximum atomic E-state index is 10.7. The van der Waals surface area contributed by atoms with Crippen molar-refractivity contribution in [2.24, 2.45) is 5.73 Å². The van der Waals surface area contributed by atoms with Crippen molar-refractivity contribution in [2.75, 3.05) is 0 Å². The second kappa shape index (κ2) is 5.07. The molecule has 1 amide bonds. The van der Waals surface area contributed by atoms with Crippen LogP contribution in [-0.4, -0.2) is 27.3 Å². The van der Waals surface area contributed by atoms with E-state index in [1.54, 1.807) is 19.1 Å². The van der Waals surface area contributed by atoms with Gasteiger partial charge in [-0.1, -0.05) is 18.2 Å². The van der Waals surface area contributed by atoms with Crippen LogP contribution in [0.2, 0.25) is 0 Å². The lowest BCUT2D eigenvalue weighted by Crippen LogP contribution is -2.33. The number of aliphatic hydroxyl groups is 3. The fourth-order valence-corrected chi connectivity index (χ4v) is 1.42. The summed E-state index contributed by atoms with van der Waals surface area (Å²) in [4.78, 5) is 10.7. The Hall–Kier alpha value is -1.43. The lowest BCUT2D eigenvalue weighted by atomic mass is 9.99. The predicted octanol–water partition coefficient (Wildman–Crippen LogP) is -0.633. The highest BCUT2D eigenvalue weighted by atomic mass is 16.3.